The van der Waals surface area contributed by atoms with E-state index in [2.05, 4.69) is 13.8 Å². The molecule has 1 aliphatic carbocycles. The molecule has 0 radical (unpaired) electrons. The van der Waals surface area contributed by atoms with Gasteiger partial charge in [0.25, 0.3) is 5.91 Å². The zero-order valence-corrected chi connectivity index (χ0v) is 14.5. The first kappa shape index (κ1) is 15.9. The van der Waals surface area contributed by atoms with Gasteiger partial charge in [-0.25, -0.2) is 0 Å². The van der Waals surface area contributed by atoms with Crippen LogP contribution in [0.3, 0.4) is 0 Å². The van der Waals surface area contributed by atoms with Gasteiger partial charge in [-0.2, -0.15) is 0 Å². The highest BCUT2D eigenvalue weighted by molar-refractivity contribution is 6.08. The highest BCUT2D eigenvalue weighted by atomic mass is 16.3. The third kappa shape index (κ3) is 2.44. The fourth-order valence-electron chi connectivity index (χ4n) is 3.99. The van der Waals surface area contributed by atoms with Crippen molar-refractivity contribution in [3.63, 3.8) is 0 Å². The van der Waals surface area contributed by atoms with Crippen LogP contribution in [-0.2, 0) is 19.5 Å². The number of amides is 1. The molecule has 4 heteroatoms. The summed E-state index contributed by atoms with van der Waals surface area (Å²) in [7, 11) is 0. The fraction of sp³-hybridized carbons (Fsp3) is 0.333. The summed E-state index contributed by atoms with van der Waals surface area (Å²) in [6.45, 7) is 5.18. The van der Waals surface area contributed by atoms with E-state index in [0.29, 0.717) is 31.5 Å². The average Bonchev–Trinajstić information content (AvgIpc) is 3.18. The SMILES string of the molecule is CC(C)c1cc(C(=O)N2Cc3ccccc3C2)c(O)c2c1CCC2=O. The average molecular weight is 335 g/mol. The van der Waals surface area contributed by atoms with Gasteiger partial charge >= 0.3 is 0 Å². The molecule has 0 aromatic heterocycles. The van der Waals surface area contributed by atoms with Gasteiger partial charge in [0.15, 0.2) is 5.78 Å². The molecule has 0 atom stereocenters. The first-order valence-corrected chi connectivity index (χ1v) is 8.75. The summed E-state index contributed by atoms with van der Waals surface area (Å²) >= 11 is 0. The summed E-state index contributed by atoms with van der Waals surface area (Å²) in [6, 6.07) is 9.77. The van der Waals surface area contributed by atoms with Crippen LogP contribution in [0.25, 0.3) is 0 Å². The topological polar surface area (TPSA) is 57.6 Å². The van der Waals surface area contributed by atoms with Crippen LogP contribution in [0, 0.1) is 0 Å². The van der Waals surface area contributed by atoms with Gasteiger partial charge in [-0.3, -0.25) is 9.59 Å². The van der Waals surface area contributed by atoms with Crippen LogP contribution >= 0.6 is 0 Å². The third-order valence-corrected chi connectivity index (χ3v) is 5.30. The number of phenolic OH excluding ortho intramolecular Hbond substituents is 1. The minimum absolute atomic E-state index is 0.0613. The first-order chi connectivity index (χ1) is 12.0. The Morgan fingerprint density at radius 3 is 2.36 bits per heavy atom. The maximum Gasteiger partial charge on any atom is 0.258 e. The molecule has 25 heavy (non-hydrogen) atoms. The summed E-state index contributed by atoms with van der Waals surface area (Å²) in [6.07, 6.45) is 1.06. The monoisotopic (exact) mass is 335 g/mol. The number of rotatable bonds is 2. The van der Waals surface area contributed by atoms with Gasteiger partial charge in [-0.1, -0.05) is 38.1 Å². The largest absolute Gasteiger partial charge is 0.506 e. The van der Waals surface area contributed by atoms with Crippen LogP contribution in [0.4, 0.5) is 0 Å². The molecule has 0 bridgehead atoms. The summed E-state index contributed by atoms with van der Waals surface area (Å²) in [5, 5.41) is 10.7. The van der Waals surface area contributed by atoms with Gasteiger partial charge in [0.05, 0.1) is 11.1 Å². The Balaban J connectivity index is 1.76. The Hall–Kier alpha value is -2.62. The lowest BCUT2D eigenvalue weighted by Crippen LogP contribution is -2.26. The summed E-state index contributed by atoms with van der Waals surface area (Å²) in [4.78, 5) is 27.1. The first-order valence-electron chi connectivity index (χ1n) is 8.75. The van der Waals surface area contributed by atoms with Crippen molar-refractivity contribution in [3.05, 3.63) is 63.7 Å². The molecule has 0 unspecified atom stereocenters. The van der Waals surface area contributed by atoms with E-state index in [1.807, 2.05) is 24.3 Å². The van der Waals surface area contributed by atoms with Crippen molar-refractivity contribution >= 4 is 11.7 Å². The Morgan fingerprint density at radius 1 is 1.12 bits per heavy atom. The molecule has 4 rings (SSSR count). The van der Waals surface area contributed by atoms with Gasteiger partial charge in [0.2, 0.25) is 0 Å². The predicted octanol–water partition coefficient (Wildman–Crippen LogP) is 3.80. The highest BCUT2D eigenvalue weighted by Gasteiger charge is 2.33. The van der Waals surface area contributed by atoms with Gasteiger partial charge in [0, 0.05) is 19.5 Å². The molecule has 0 saturated carbocycles. The number of carbonyl (C=O) groups excluding carboxylic acids is 2. The molecule has 2 aliphatic rings. The van der Waals surface area contributed by atoms with Crippen molar-refractivity contribution in [2.45, 2.75) is 45.7 Å². The number of benzene rings is 2. The number of fused-ring (bicyclic) bond motifs is 2. The lowest BCUT2D eigenvalue weighted by molar-refractivity contribution is 0.0748. The van der Waals surface area contributed by atoms with E-state index in [1.54, 1.807) is 11.0 Å². The second-order valence-corrected chi connectivity index (χ2v) is 7.22. The number of Topliss-reactive ketones (excluding diaryl/α,β-unsaturated/α-hetero) is 1. The molecule has 2 aromatic rings. The number of ketones is 1. The summed E-state index contributed by atoms with van der Waals surface area (Å²) < 4.78 is 0. The Kier molecular flexibility index (Phi) is 3.64. The Morgan fingerprint density at radius 2 is 1.76 bits per heavy atom. The maximum atomic E-state index is 13.1. The number of phenols is 1. The van der Waals surface area contributed by atoms with E-state index in [-0.39, 0.29) is 28.9 Å². The fourth-order valence-corrected chi connectivity index (χ4v) is 3.99. The smallest absolute Gasteiger partial charge is 0.258 e. The molecular formula is C21H21NO3. The van der Waals surface area contributed by atoms with Crippen LogP contribution in [0.2, 0.25) is 0 Å². The Labute approximate surface area is 147 Å². The Bertz CT molecular complexity index is 873. The second-order valence-electron chi connectivity index (χ2n) is 7.22. The standard InChI is InChI=1S/C21H21NO3/c1-12(2)16-9-17(20(24)19-15(16)7-8-18(19)23)21(25)22-10-13-5-3-4-6-14(13)11-22/h3-6,9,12,24H,7-8,10-11H2,1-2H3. The molecule has 1 aliphatic heterocycles. The quantitative estimate of drug-likeness (QED) is 0.908. The van der Waals surface area contributed by atoms with Crippen molar-refractivity contribution in [1.82, 2.24) is 4.90 Å². The van der Waals surface area contributed by atoms with Crippen molar-refractivity contribution in [2.24, 2.45) is 0 Å². The molecule has 0 saturated heterocycles. The normalized spacial score (nSPS) is 15.6. The number of hydrogen-bond acceptors (Lipinski definition) is 3. The number of hydrogen-bond donors (Lipinski definition) is 1. The molecule has 0 fully saturated rings. The minimum atomic E-state index is -0.210. The van der Waals surface area contributed by atoms with E-state index in [1.165, 1.54) is 0 Å². The van der Waals surface area contributed by atoms with Crippen LogP contribution in [-0.4, -0.2) is 21.7 Å². The molecule has 4 nitrogen and oxygen atoms in total. The van der Waals surface area contributed by atoms with Crippen LogP contribution < -0.4 is 0 Å². The van der Waals surface area contributed by atoms with E-state index in [4.69, 9.17) is 0 Å². The van der Waals surface area contributed by atoms with Crippen molar-refractivity contribution < 1.29 is 14.7 Å². The van der Waals surface area contributed by atoms with Gasteiger partial charge in [-0.15, -0.1) is 0 Å². The van der Waals surface area contributed by atoms with E-state index >= 15 is 0 Å². The minimum Gasteiger partial charge on any atom is -0.506 e. The van der Waals surface area contributed by atoms with Crippen molar-refractivity contribution in [1.29, 1.82) is 0 Å². The lowest BCUT2D eigenvalue weighted by Gasteiger charge is -2.20. The molecule has 128 valence electrons. The number of carbonyl (C=O) groups is 2. The zero-order chi connectivity index (χ0) is 17.7. The molecule has 1 N–H and O–H groups in total. The summed E-state index contributed by atoms with van der Waals surface area (Å²) in [5.74, 6) is -0.211. The van der Waals surface area contributed by atoms with E-state index in [9.17, 15) is 14.7 Å². The maximum absolute atomic E-state index is 13.1. The van der Waals surface area contributed by atoms with Gasteiger partial charge < -0.3 is 10.0 Å². The molecular weight excluding hydrogens is 314 g/mol. The van der Waals surface area contributed by atoms with E-state index < -0.39 is 0 Å². The van der Waals surface area contributed by atoms with Crippen molar-refractivity contribution in [2.75, 3.05) is 0 Å². The van der Waals surface area contributed by atoms with Crippen molar-refractivity contribution in [3.8, 4) is 5.75 Å². The van der Waals surface area contributed by atoms with Crippen LogP contribution in [0.1, 0.15) is 69.2 Å². The third-order valence-electron chi connectivity index (χ3n) is 5.30. The van der Waals surface area contributed by atoms with Crippen LogP contribution in [0.15, 0.2) is 30.3 Å². The molecule has 0 spiro atoms. The zero-order valence-electron chi connectivity index (χ0n) is 14.5. The van der Waals surface area contributed by atoms with Crippen LogP contribution in [0.5, 0.6) is 5.75 Å². The number of nitrogens with zero attached hydrogens (tertiary/aromatic N) is 1. The summed E-state index contributed by atoms with van der Waals surface area (Å²) in [5.41, 5.74) is 4.81. The molecule has 2 aromatic carbocycles. The second kappa shape index (κ2) is 5.73. The van der Waals surface area contributed by atoms with Gasteiger partial charge in [-0.05, 0) is 40.7 Å². The predicted molar refractivity (Wildman–Crippen MR) is 94.9 cm³/mol. The van der Waals surface area contributed by atoms with Gasteiger partial charge in [0.1, 0.15) is 5.75 Å². The number of aromatic hydroxyl groups is 1. The van der Waals surface area contributed by atoms with E-state index in [0.717, 1.165) is 22.3 Å². The highest BCUT2D eigenvalue weighted by Crippen LogP contribution is 2.39. The molecule has 1 heterocycles. The lowest BCUT2D eigenvalue weighted by atomic mass is 9.91. The molecule has 1 amide bonds.